The topological polar surface area (TPSA) is 50.2 Å². The SMILES string of the molecule is CC(C)c1cc(-c2nccc3c2sc2c(C(C[Si](C)(C)C)(C(F)(F)F)C(F)(F)F)cccc23)[c-]c2ccccc12.C[Si](C)(C)C(C(F)(F)C(=O)/C=C(\O)C(F)(F)C([Si](C)(C)C)[Si](C)(C)C)[Si](C)(C)C.[Ir]. The molecule has 70 heavy (non-hydrogen) atoms. The third kappa shape index (κ3) is 12.7. The van der Waals surface area contributed by atoms with Crippen molar-refractivity contribution in [1.82, 2.24) is 4.98 Å². The first-order valence-electron chi connectivity index (χ1n) is 22.9. The van der Waals surface area contributed by atoms with Gasteiger partial charge in [0.2, 0.25) is 5.78 Å². The van der Waals surface area contributed by atoms with Gasteiger partial charge in [-0.3, -0.25) is 9.78 Å². The van der Waals surface area contributed by atoms with Gasteiger partial charge < -0.3 is 5.11 Å². The second-order valence-electron chi connectivity index (χ2n) is 24.3. The minimum atomic E-state index is -5.53. The molecule has 0 aliphatic carbocycles. The van der Waals surface area contributed by atoms with E-state index < -0.39 is 103 Å². The summed E-state index contributed by atoms with van der Waals surface area (Å²) in [5.74, 6) is -10.5. The van der Waals surface area contributed by atoms with Gasteiger partial charge in [-0.05, 0) is 29.0 Å². The minimum absolute atomic E-state index is 0. The number of halogens is 10. The van der Waals surface area contributed by atoms with E-state index in [1.807, 2.05) is 30.3 Å². The van der Waals surface area contributed by atoms with Crippen LogP contribution < -0.4 is 0 Å². The third-order valence-corrected chi connectivity index (χ3v) is 34.1. The van der Waals surface area contributed by atoms with Gasteiger partial charge in [0.05, 0.1) is 32.3 Å². The first kappa shape index (κ1) is 61.8. The summed E-state index contributed by atoms with van der Waals surface area (Å²) in [6.45, 7) is 30.0. The van der Waals surface area contributed by atoms with Crippen LogP contribution in [0.3, 0.4) is 0 Å². The Kier molecular flexibility index (Phi) is 18.3. The van der Waals surface area contributed by atoms with E-state index in [1.165, 1.54) is 25.7 Å². The zero-order valence-electron chi connectivity index (χ0n) is 43.1. The maximum atomic E-state index is 15.3. The number of nitrogens with zero attached hydrogens (tertiary/aromatic N) is 1. The number of aliphatic hydroxyl groups excluding tert-OH is 1. The van der Waals surface area contributed by atoms with Crippen LogP contribution in [0, 0.1) is 6.07 Å². The van der Waals surface area contributed by atoms with Gasteiger partial charge in [-0.2, -0.15) is 43.9 Å². The minimum Gasteiger partial charge on any atom is -0.506 e. The van der Waals surface area contributed by atoms with E-state index >= 15 is 17.6 Å². The molecule has 0 aliphatic heterocycles. The molecule has 0 saturated heterocycles. The predicted octanol–water partition coefficient (Wildman–Crippen LogP) is 18.3. The van der Waals surface area contributed by atoms with Crippen LogP contribution in [0.5, 0.6) is 0 Å². The Balaban J connectivity index is 0.000000387. The van der Waals surface area contributed by atoms with Crippen molar-refractivity contribution in [3.05, 3.63) is 89.8 Å². The molecule has 0 bridgehead atoms. The molecule has 0 spiro atoms. The summed E-state index contributed by atoms with van der Waals surface area (Å²) in [5.41, 5.74) is -2.50. The number of hydrogen-bond acceptors (Lipinski definition) is 4. The molecule has 5 aromatic rings. The van der Waals surface area contributed by atoms with Gasteiger partial charge in [-0.1, -0.05) is 159 Å². The predicted molar refractivity (Wildman–Crippen MR) is 281 cm³/mol. The number of rotatable bonds is 14. The summed E-state index contributed by atoms with van der Waals surface area (Å²) in [5, 5.41) is 10.8. The van der Waals surface area contributed by atoms with Gasteiger partial charge in [0.25, 0.3) is 0 Å². The summed E-state index contributed by atoms with van der Waals surface area (Å²) < 4.78 is 150. The molecule has 2 aromatic heterocycles. The first-order valence-corrected chi connectivity index (χ1v) is 41.8. The molecule has 1 N–H and O–H groups in total. The number of aliphatic hydroxyl groups is 1. The van der Waals surface area contributed by atoms with Gasteiger partial charge >= 0.3 is 24.2 Å². The number of allylic oxidation sites excluding steroid dienone is 2. The second-order valence-corrected chi connectivity index (χ2v) is 53.2. The molecule has 3 nitrogen and oxygen atoms in total. The van der Waals surface area contributed by atoms with Crippen LogP contribution in [0.25, 0.3) is 42.2 Å². The molecule has 1 radical (unpaired) electrons. The third-order valence-electron chi connectivity index (χ3n) is 12.4. The molecular weight excluding hydrogens is 1200 g/mol. The van der Waals surface area contributed by atoms with E-state index in [2.05, 4.69) is 24.9 Å². The Morgan fingerprint density at radius 3 is 1.57 bits per heavy atom. The Morgan fingerprint density at radius 2 is 1.11 bits per heavy atom. The number of fused-ring (bicyclic) bond motifs is 4. The van der Waals surface area contributed by atoms with E-state index in [9.17, 15) is 36.2 Å². The number of pyridine rings is 1. The molecule has 0 aliphatic rings. The maximum absolute atomic E-state index is 15.3. The van der Waals surface area contributed by atoms with Crippen molar-refractivity contribution >= 4 is 88.4 Å². The van der Waals surface area contributed by atoms with E-state index in [1.54, 1.807) is 96.9 Å². The molecular formula is C50H68F10IrNO2SSi5-. The molecule has 20 heteroatoms. The number of thiophene rings is 1. The van der Waals surface area contributed by atoms with E-state index in [-0.39, 0.29) is 36.8 Å². The number of carbonyl (C=O) groups excluding carboxylic acids is 1. The Labute approximate surface area is 429 Å². The summed E-state index contributed by atoms with van der Waals surface area (Å²) in [6, 6.07) is 17.7. The zero-order valence-corrected chi connectivity index (χ0v) is 51.3. The average molecular weight is 1270 g/mol. The number of ketones is 1. The van der Waals surface area contributed by atoms with Crippen molar-refractivity contribution < 1.29 is 73.9 Å². The Hall–Kier alpha value is -2.47. The van der Waals surface area contributed by atoms with Crippen LogP contribution >= 0.6 is 11.3 Å². The molecule has 0 amide bonds. The van der Waals surface area contributed by atoms with Crippen molar-refractivity contribution in [2.24, 2.45) is 0 Å². The number of hydrogen-bond donors (Lipinski definition) is 1. The van der Waals surface area contributed by atoms with Gasteiger partial charge in [-0.15, -0.1) is 40.5 Å². The van der Waals surface area contributed by atoms with Gasteiger partial charge in [0.15, 0.2) is 11.2 Å². The average Bonchev–Trinajstić information content (AvgIpc) is 3.52. The summed E-state index contributed by atoms with van der Waals surface area (Å²) >= 11 is 0.947. The van der Waals surface area contributed by atoms with Crippen LogP contribution in [0.1, 0.15) is 30.9 Å². The Bertz CT molecular complexity index is 2660. The number of alkyl halides is 10. The molecule has 0 fully saturated rings. The first-order chi connectivity index (χ1) is 30.8. The van der Waals surface area contributed by atoms with Gasteiger partial charge in [0.1, 0.15) is 0 Å². The standard InChI is InChI=1S/C31H28F6NSSi.C19H40F4O2Si4.Ir/c1-18(2)24-16-20(15-19-9-6-7-10-21(19)24)26-28-23(13-14-38-26)22-11-8-12-25(27(22)39-28)29(30(32,33)34,31(35,36)37)17-40(3,4)5;1-26(2,3)16(27(4,5)6)18(20,21)14(24)13-15(25)19(22,23)17(28(7,8)9)29(10,11)12;/h6-14,16,18H,17H2,1-5H3;13,16-17,24H,1-12H3;/q-1;;/b;14-13-;. The van der Waals surface area contributed by atoms with Crippen LogP contribution in [-0.4, -0.2) is 80.4 Å². The van der Waals surface area contributed by atoms with E-state index in [4.69, 9.17) is 0 Å². The summed E-state index contributed by atoms with van der Waals surface area (Å²) in [4.78, 5) is 17.1. The normalized spacial score (nSPS) is 14.5. The van der Waals surface area contributed by atoms with Crippen molar-refractivity contribution in [1.29, 1.82) is 0 Å². The zero-order chi connectivity index (χ0) is 53.3. The second kappa shape index (κ2) is 20.7. The maximum Gasteiger partial charge on any atom is 0.406 e. The number of carbonyl (C=O) groups is 1. The Morgan fingerprint density at radius 1 is 0.657 bits per heavy atom. The fraction of sp³-hybridized carbons (Fsp3) is 0.520. The quantitative estimate of drug-likeness (QED) is 0.0396. The van der Waals surface area contributed by atoms with Gasteiger partial charge in [0, 0.05) is 71.3 Å². The molecule has 2 heterocycles. The number of aromatic nitrogens is 1. The number of benzene rings is 3. The van der Waals surface area contributed by atoms with E-state index in [0.717, 1.165) is 33.7 Å². The molecule has 0 saturated carbocycles. The summed E-state index contributed by atoms with van der Waals surface area (Å²) in [7, 11) is -12.8. The summed E-state index contributed by atoms with van der Waals surface area (Å²) in [6.07, 6.45) is -9.39. The molecule has 0 atom stereocenters. The van der Waals surface area contributed by atoms with Crippen molar-refractivity contribution in [2.75, 3.05) is 0 Å². The van der Waals surface area contributed by atoms with E-state index in [0.29, 0.717) is 26.7 Å². The van der Waals surface area contributed by atoms with Crippen LogP contribution in [0.4, 0.5) is 43.9 Å². The smallest absolute Gasteiger partial charge is 0.406 e. The van der Waals surface area contributed by atoms with Crippen molar-refractivity contribution in [2.45, 2.75) is 164 Å². The van der Waals surface area contributed by atoms with Crippen molar-refractivity contribution in [3.63, 3.8) is 0 Å². The fourth-order valence-electron chi connectivity index (χ4n) is 11.1. The molecule has 0 unspecified atom stereocenters. The molecule has 3 aromatic carbocycles. The fourth-order valence-corrected chi connectivity index (χ4v) is 40.3. The molecule has 5 rings (SSSR count). The van der Waals surface area contributed by atoms with Gasteiger partial charge in [-0.25, -0.2) is 0 Å². The monoisotopic (exact) mass is 1270 g/mol. The van der Waals surface area contributed by atoms with Crippen LogP contribution in [-0.2, 0) is 30.3 Å². The largest absolute Gasteiger partial charge is 0.506 e. The van der Waals surface area contributed by atoms with Crippen molar-refractivity contribution in [3.8, 4) is 11.3 Å². The van der Waals surface area contributed by atoms with Crippen LogP contribution in [0.15, 0.2) is 72.6 Å². The molecule has 391 valence electrons. The van der Waals surface area contributed by atoms with Crippen LogP contribution in [0.2, 0.25) is 115 Å².